The summed E-state index contributed by atoms with van der Waals surface area (Å²) in [5.41, 5.74) is 0.915. The fourth-order valence-electron chi connectivity index (χ4n) is 3.75. The number of hydrogen-bond acceptors (Lipinski definition) is 4. The van der Waals surface area contributed by atoms with Gasteiger partial charge in [-0.25, -0.2) is 0 Å². The van der Waals surface area contributed by atoms with Gasteiger partial charge >= 0.3 is 5.97 Å². The Balaban J connectivity index is 1.49. The van der Waals surface area contributed by atoms with Crippen molar-refractivity contribution in [1.29, 1.82) is 0 Å². The first-order chi connectivity index (χ1) is 12.1. The maximum absolute atomic E-state index is 12.3. The van der Waals surface area contributed by atoms with Gasteiger partial charge in [-0.2, -0.15) is 0 Å². The molecule has 1 amide bonds. The number of carbonyl (C=O) groups is 2. The molecule has 0 unspecified atom stereocenters. The molecule has 3 rings (SSSR count). The number of carbonyl (C=O) groups excluding carboxylic acids is 2. The highest BCUT2D eigenvalue weighted by Crippen LogP contribution is 2.28. The fraction of sp³-hybridized carbons (Fsp3) is 0.579. The lowest BCUT2D eigenvalue weighted by molar-refractivity contribution is -0.149. The van der Waals surface area contributed by atoms with Crippen molar-refractivity contribution in [3.63, 3.8) is 0 Å². The molecule has 2 aliphatic rings. The Hall–Kier alpha value is -1.59. The van der Waals surface area contributed by atoms with E-state index in [-0.39, 0.29) is 17.8 Å². The summed E-state index contributed by atoms with van der Waals surface area (Å²) in [6.07, 6.45) is 2.28. The van der Waals surface area contributed by atoms with Crippen LogP contribution in [0.15, 0.2) is 24.3 Å². The largest absolute Gasteiger partial charge is 0.466 e. The van der Waals surface area contributed by atoms with Crippen LogP contribution >= 0.6 is 11.6 Å². The Labute approximate surface area is 153 Å². The molecule has 6 heteroatoms. The van der Waals surface area contributed by atoms with Crippen LogP contribution < -0.4 is 4.90 Å². The number of nitrogens with zero attached hydrogens (tertiary/aromatic N) is 2. The first-order valence-corrected chi connectivity index (χ1v) is 9.39. The van der Waals surface area contributed by atoms with Crippen LogP contribution in [0.2, 0.25) is 5.02 Å². The molecule has 2 aliphatic heterocycles. The number of benzene rings is 1. The van der Waals surface area contributed by atoms with Gasteiger partial charge in [-0.05, 0) is 63.0 Å². The first-order valence-electron chi connectivity index (χ1n) is 9.01. The Morgan fingerprint density at radius 2 is 1.92 bits per heavy atom. The van der Waals surface area contributed by atoms with Crippen LogP contribution in [-0.2, 0) is 14.3 Å². The molecular weight excluding hydrogens is 340 g/mol. The molecule has 0 aliphatic carbocycles. The zero-order valence-electron chi connectivity index (χ0n) is 14.6. The molecule has 1 aromatic carbocycles. The van der Waals surface area contributed by atoms with Crippen molar-refractivity contribution in [3.05, 3.63) is 29.3 Å². The standard InChI is InChI=1S/C19H25ClN2O3/c1-2-25-19(24)15-7-9-21(10-8-15)12-14-11-18(23)22(13-14)17-5-3-16(20)4-6-17/h3-6,14-15H,2,7-13H2,1H3/t14-/m0/s1. The molecule has 0 spiro atoms. The molecule has 1 atom stereocenters. The van der Waals surface area contributed by atoms with Gasteiger partial charge in [0.05, 0.1) is 12.5 Å². The summed E-state index contributed by atoms with van der Waals surface area (Å²) in [7, 11) is 0. The maximum atomic E-state index is 12.3. The van der Waals surface area contributed by atoms with E-state index in [4.69, 9.17) is 16.3 Å². The lowest BCUT2D eigenvalue weighted by atomic mass is 9.96. The summed E-state index contributed by atoms with van der Waals surface area (Å²) >= 11 is 5.92. The van der Waals surface area contributed by atoms with Crippen molar-refractivity contribution >= 4 is 29.2 Å². The molecule has 2 fully saturated rings. The van der Waals surface area contributed by atoms with Crippen LogP contribution in [0.25, 0.3) is 0 Å². The Bertz CT molecular complexity index is 612. The Kier molecular flexibility index (Phi) is 5.97. The predicted octanol–water partition coefficient (Wildman–Crippen LogP) is 2.97. The van der Waals surface area contributed by atoms with Gasteiger partial charge in [0.2, 0.25) is 5.91 Å². The number of piperidine rings is 1. The van der Waals surface area contributed by atoms with Crippen LogP contribution in [0.3, 0.4) is 0 Å². The van der Waals surface area contributed by atoms with E-state index in [0.29, 0.717) is 24.0 Å². The van der Waals surface area contributed by atoms with Gasteiger partial charge in [0.1, 0.15) is 0 Å². The molecule has 0 N–H and O–H groups in total. The van der Waals surface area contributed by atoms with E-state index >= 15 is 0 Å². The quantitative estimate of drug-likeness (QED) is 0.754. The number of halogens is 1. The lowest BCUT2D eigenvalue weighted by Gasteiger charge is -2.32. The number of likely N-dealkylation sites (tertiary alicyclic amines) is 1. The van der Waals surface area contributed by atoms with Crippen LogP contribution in [-0.4, -0.2) is 49.6 Å². The molecule has 0 bridgehead atoms. The van der Waals surface area contributed by atoms with Crippen molar-refractivity contribution in [3.8, 4) is 0 Å². The maximum Gasteiger partial charge on any atom is 0.309 e. The Morgan fingerprint density at radius 3 is 2.56 bits per heavy atom. The van der Waals surface area contributed by atoms with Crippen molar-refractivity contribution in [2.75, 3.05) is 37.7 Å². The number of esters is 1. The van der Waals surface area contributed by atoms with E-state index < -0.39 is 0 Å². The summed E-state index contributed by atoms with van der Waals surface area (Å²) < 4.78 is 5.12. The van der Waals surface area contributed by atoms with E-state index in [2.05, 4.69) is 4.90 Å². The zero-order valence-corrected chi connectivity index (χ0v) is 15.4. The molecule has 2 heterocycles. The van der Waals surface area contributed by atoms with Crippen LogP contribution in [0.4, 0.5) is 5.69 Å². The molecule has 136 valence electrons. The second-order valence-electron chi connectivity index (χ2n) is 6.88. The summed E-state index contributed by atoms with van der Waals surface area (Å²) in [6.45, 7) is 5.74. The molecule has 5 nitrogen and oxygen atoms in total. The van der Waals surface area contributed by atoms with E-state index in [1.54, 1.807) is 0 Å². The normalized spacial score (nSPS) is 22.4. The topological polar surface area (TPSA) is 49.9 Å². The van der Waals surface area contributed by atoms with Crippen molar-refractivity contribution in [2.24, 2.45) is 11.8 Å². The average molecular weight is 365 g/mol. The van der Waals surface area contributed by atoms with Crippen molar-refractivity contribution < 1.29 is 14.3 Å². The number of rotatable bonds is 5. The number of hydrogen-bond donors (Lipinski definition) is 0. The highest BCUT2D eigenvalue weighted by Gasteiger charge is 2.33. The third-order valence-electron chi connectivity index (χ3n) is 5.07. The van der Waals surface area contributed by atoms with Crippen molar-refractivity contribution in [1.82, 2.24) is 4.90 Å². The third-order valence-corrected chi connectivity index (χ3v) is 5.32. The molecular formula is C19H25ClN2O3. The minimum Gasteiger partial charge on any atom is -0.466 e. The summed E-state index contributed by atoms with van der Waals surface area (Å²) in [5.74, 6) is 0.482. The van der Waals surface area contributed by atoms with Crippen LogP contribution in [0.5, 0.6) is 0 Å². The van der Waals surface area contributed by atoms with E-state index in [9.17, 15) is 9.59 Å². The molecule has 0 radical (unpaired) electrons. The zero-order chi connectivity index (χ0) is 17.8. The van der Waals surface area contributed by atoms with Gasteiger partial charge in [0.15, 0.2) is 0 Å². The van der Waals surface area contributed by atoms with E-state index in [1.807, 2.05) is 36.1 Å². The van der Waals surface area contributed by atoms with Gasteiger partial charge in [-0.3, -0.25) is 9.59 Å². The van der Waals surface area contributed by atoms with Crippen LogP contribution in [0.1, 0.15) is 26.2 Å². The fourth-order valence-corrected chi connectivity index (χ4v) is 3.88. The molecule has 0 saturated carbocycles. The van der Waals surface area contributed by atoms with Crippen molar-refractivity contribution in [2.45, 2.75) is 26.2 Å². The second-order valence-corrected chi connectivity index (χ2v) is 7.31. The molecule has 0 aromatic heterocycles. The SMILES string of the molecule is CCOC(=O)C1CCN(C[C@@H]2CC(=O)N(c3ccc(Cl)cc3)C2)CC1. The minimum atomic E-state index is -0.0629. The van der Waals surface area contributed by atoms with E-state index in [0.717, 1.165) is 44.7 Å². The Morgan fingerprint density at radius 1 is 1.24 bits per heavy atom. The predicted molar refractivity (Wildman–Crippen MR) is 97.7 cm³/mol. The second kappa shape index (κ2) is 8.19. The van der Waals surface area contributed by atoms with Crippen LogP contribution in [0, 0.1) is 11.8 Å². The van der Waals surface area contributed by atoms with Gasteiger partial charge in [0.25, 0.3) is 0 Å². The number of anilines is 1. The number of amides is 1. The summed E-state index contributed by atoms with van der Waals surface area (Å²) in [4.78, 5) is 28.4. The first kappa shape index (κ1) is 18.2. The van der Waals surface area contributed by atoms with E-state index in [1.165, 1.54) is 0 Å². The number of ether oxygens (including phenoxy) is 1. The summed E-state index contributed by atoms with van der Waals surface area (Å²) in [5, 5.41) is 0.677. The van der Waals surface area contributed by atoms with Gasteiger partial charge < -0.3 is 14.5 Å². The highest BCUT2D eigenvalue weighted by atomic mass is 35.5. The minimum absolute atomic E-state index is 0.0342. The van der Waals surface area contributed by atoms with Gasteiger partial charge in [0, 0.05) is 30.2 Å². The highest BCUT2D eigenvalue weighted by molar-refractivity contribution is 6.30. The average Bonchev–Trinajstić information content (AvgIpc) is 2.97. The molecule has 1 aromatic rings. The molecule has 25 heavy (non-hydrogen) atoms. The monoisotopic (exact) mass is 364 g/mol. The smallest absolute Gasteiger partial charge is 0.309 e. The summed E-state index contributed by atoms with van der Waals surface area (Å²) in [6, 6.07) is 7.43. The van der Waals surface area contributed by atoms with Gasteiger partial charge in [-0.15, -0.1) is 0 Å². The lowest BCUT2D eigenvalue weighted by Crippen LogP contribution is -2.40. The third kappa shape index (κ3) is 4.53. The molecule has 2 saturated heterocycles. The van der Waals surface area contributed by atoms with Gasteiger partial charge in [-0.1, -0.05) is 11.6 Å².